The predicted octanol–water partition coefficient (Wildman–Crippen LogP) is 6.25. The Balaban J connectivity index is 1.14. The van der Waals surface area contributed by atoms with Crippen LogP contribution in [0, 0.1) is 6.92 Å². The summed E-state index contributed by atoms with van der Waals surface area (Å²) in [6, 6.07) is 26.4. The SMILES string of the molecule is Cc1ccc2nc(Cc3ccc(NC(=O)[C@@H]4CSC(c5ccncc5)N4C(=O)OCc4ccccc4)cc3)[nH]c2c1. The van der Waals surface area contributed by atoms with Gasteiger partial charge in [-0.25, -0.2) is 9.78 Å². The quantitative estimate of drug-likeness (QED) is 0.243. The molecule has 0 saturated carbocycles. The van der Waals surface area contributed by atoms with Crippen molar-refractivity contribution in [2.24, 2.45) is 0 Å². The number of hydrogen-bond acceptors (Lipinski definition) is 6. The number of nitrogens with zero attached hydrogens (tertiary/aromatic N) is 3. The van der Waals surface area contributed by atoms with E-state index in [0.29, 0.717) is 17.9 Å². The number of pyridine rings is 1. The molecule has 9 heteroatoms. The van der Waals surface area contributed by atoms with Gasteiger partial charge in [0.1, 0.15) is 23.8 Å². The van der Waals surface area contributed by atoms with E-state index in [-0.39, 0.29) is 17.9 Å². The van der Waals surface area contributed by atoms with Gasteiger partial charge in [0.2, 0.25) is 5.91 Å². The Bertz CT molecular complexity index is 1660. The maximum atomic E-state index is 13.5. The third kappa shape index (κ3) is 6.10. The molecule has 2 atom stereocenters. The van der Waals surface area contributed by atoms with Crippen LogP contribution in [0.25, 0.3) is 11.0 Å². The van der Waals surface area contributed by atoms with Crippen molar-refractivity contribution in [1.82, 2.24) is 19.9 Å². The number of amides is 2. The van der Waals surface area contributed by atoms with Crippen molar-refractivity contribution in [2.75, 3.05) is 11.1 Å². The van der Waals surface area contributed by atoms with Gasteiger partial charge in [-0.3, -0.25) is 14.7 Å². The van der Waals surface area contributed by atoms with Crippen molar-refractivity contribution in [3.05, 3.63) is 125 Å². The van der Waals surface area contributed by atoms with Crippen LogP contribution in [0.5, 0.6) is 0 Å². The zero-order chi connectivity index (χ0) is 28.2. The van der Waals surface area contributed by atoms with E-state index in [9.17, 15) is 9.59 Å². The summed E-state index contributed by atoms with van der Waals surface area (Å²) in [5, 5.41) is 2.64. The number of rotatable bonds is 7. The van der Waals surface area contributed by atoms with Crippen LogP contribution < -0.4 is 5.32 Å². The van der Waals surface area contributed by atoms with Crippen LogP contribution in [0.2, 0.25) is 0 Å². The van der Waals surface area contributed by atoms with E-state index in [2.05, 4.69) is 39.3 Å². The predicted molar refractivity (Wildman–Crippen MR) is 160 cm³/mol. The summed E-state index contributed by atoms with van der Waals surface area (Å²) in [5.41, 5.74) is 6.65. The van der Waals surface area contributed by atoms with E-state index in [0.717, 1.165) is 33.5 Å². The van der Waals surface area contributed by atoms with E-state index >= 15 is 0 Å². The summed E-state index contributed by atoms with van der Waals surface area (Å²) in [7, 11) is 0. The Morgan fingerprint density at radius 2 is 1.78 bits per heavy atom. The molecule has 2 aromatic heterocycles. The van der Waals surface area contributed by atoms with Crippen LogP contribution in [-0.2, 0) is 22.6 Å². The summed E-state index contributed by atoms with van der Waals surface area (Å²) in [6.45, 7) is 2.19. The van der Waals surface area contributed by atoms with Crippen molar-refractivity contribution in [3.63, 3.8) is 0 Å². The molecule has 6 rings (SSSR count). The molecule has 1 fully saturated rings. The van der Waals surface area contributed by atoms with Crippen LogP contribution in [0.1, 0.15) is 33.5 Å². The zero-order valence-electron chi connectivity index (χ0n) is 22.5. The number of hydrogen-bond donors (Lipinski definition) is 2. The molecule has 8 nitrogen and oxygen atoms in total. The van der Waals surface area contributed by atoms with Crippen molar-refractivity contribution in [3.8, 4) is 0 Å². The lowest BCUT2D eigenvalue weighted by Gasteiger charge is -2.28. The highest BCUT2D eigenvalue weighted by Gasteiger charge is 2.43. The Morgan fingerprint density at radius 3 is 2.56 bits per heavy atom. The standard InChI is InChI=1S/C32H29N5O3S/c1-21-7-12-26-27(17-21)36-29(35-26)18-22-8-10-25(11-9-22)34-30(38)28-20-41-31(24-13-15-33-16-14-24)37(28)32(39)40-19-23-5-3-2-4-6-23/h2-17,28,31H,18-20H2,1H3,(H,34,38)(H,35,36)/t28-,31?/m0/s1. The van der Waals surface area contributed by atoms with Crippen LogP contribution >= 0.6 is 11.8 Å². The lowest BCUT2D eigenvalue weighted by atomic mass is 10.1. The number of anilines is 1. The van der Waals surface area contributed by atoms with Crippen LogP contribution in [0.3, 0.4) is 0 Å². The normalized spacial score (nSPS) is 16.6. The molecule has 0 bridgehead atoms. The van der Waals surface area contributed by atoms with Gasteiger partial charge in [-0.1, -0.05) is 48.5 Å². The van der Waals surface area contributed by atoms with Crippen molar-refractivity contribution in [1.29, 1.82) is 0 Å². The molecular formula is C32H29N5O3S. The highest BCUT2D eigenvalue weighted by molar-refractivity contribution is 7.99. The monoisotopic (exact) mass is 563 g/mol. The number of aryl methyl sites for hydroxylation is 1. The zero-order valence-corrected chi connectivity index (χ0v) is 23.3. The molecule has 0 aliphatic carbocycles. The van der Waals surface area contributed by atoms with Gasteiger partial charge in [0.25, 0.3) is 0 Å². The molecule has 5 aromatic rings. The summed E-state index contributed by atoms with van der Waals surface area (Å²) < 4.78 is 5.66. The van der Waals surface area contributed by atoms with Gasteiger partial charge in [0.15, 0.2) is 0 Å². The maximum absolute atomic E-state index is 13.5. The van der Waals surface area contributed by atoms with E-state index in [1.807, 2.05) is 72.8 Å². The summed E-state index contributed by atoms with van der Waals surface area (Å²) in [5.74, 6) is 1.08. The van der Waals surface area contributed by atoms with E-state index in [4.69, 9.17) is 4.74 Å². The number of benzene rings is 3. The summed E-state index contributed by atoms with van der Waals surface area (Å²) in [6.07, 6.45) is 3.49. The number of thioether (sulfide) groups is 1. The lowest BCUT2D eigenvalue weighted by Crippen LogP contribution is -2.45. The second kappa shape index (κ2) is 11.9. The fourth-order valence-corrected chi connectivity index (χ4v) is 6.31. The molecule has 2 amide bonds. The third-order valence-corrected chi connectivity index (χ3v) is 8.31. The van der Waals surface area contributed by atoms with Gasteiger partial charge in [0, 0.05) is 30.3 Å². The van der Waals surface area contributed by atoms with Gasteiger partial charge >= 0.3 is 6.09 Å². The van der Waals surface area contributed by atoms with Gasteiger partial charge in [-0.15, -0.1) is 11.8 Å². The number of aromatic nitrogens is 3. The lowest BCUT2D eigenvalue weighted by molar-refractivity contribution is -0.120. The van der Waals surface area contributed by atoms with E-state index in [1.165, 1.54) is 22.2 Å². The molecule has 0 radical (unpaired) electrons. The number of nitrogens with one attached hydrogen (secondary N) is 2. The number of imidazole rings is 1. The Morgan fingerprint density at radius 1 is 1.00 bits per heavy atom. The summed E-state index contributed by atoms with van der Waals surface area (Å²) >= 11 is 1.53. The smallest absolute Gasteiger partial charge is 0.412 e. The van der Waals surface area contributed by atoms with E-state index in [1.54, 1.807) is 12.4 Å². The van der Waals surface area contributed by atoms with Crippen LogP contribution in [0.4, 0.5) is 10.5 Å². The molecule has 0 spiro atoms. The number of fused-ring (bicyclic) bond motifs is 1. The molecule has 1 unspecified atom stereocenters. The number of aromatic amines is 1. The second-order valence-electron chi connectivity index (χ2n) is 10.00. The Labute approximate surface area is 242 Å². The van der Waals surface area contributed by atoms with Gasteiger partial charge in [-0.2, -0.15) is 0 Å². The van der Waals surface area contributed by atoms with Crippen molar-refractivity contribution >= 4 is 40.5 Å². The molecule has 206 valence electrons. The number of carbonyl (C=O) groups excluding carboxylic acids is 2. The minimum atomic E-state index is -0.694. The first-order chi connectivity index (χ1) is 20.0. The van der Waals surface area contributed by atoms with E-state index < -0.39 is 12.1 Å². The number of ether oxygens (including phenoxy) is 1. The second-order valence-corrected chi connectivity index (χ2v) is 11.1. The average Bonchev–Trinajstić information content (AvgIpc) is 3.62. The average molecular weight is 564 g/mol. The van der Waals surface area contributed by atoms with Crippen LogP contribution in [-0.4, -0.2) is 43.6 Å². The fourth-order valence-electron chi connectivity index (χ4n) is 4.89. The van der Waals surface area contributed by atoms with Gasteiger partial charge < -0.3 is 15.0 Å². The minimum absolute atomic E-state index is 0.130. The van der Waals surface area contributed by atoms with Gasteiger partial charge in [-0.05, 0) is 65.6 Å². The fraction of sp³-hybridized carbons (Fsp3) is 0.188. The highest BCUT2D eigenvalue weighted by atomic mass is 32.2. The first-order valence-corrected chi connectivity index (χ1v) is 14.4. The maximum Gasteiger partial charge on any atom is 0.412 e. The minimum Gasteiger partial charge on any atom is -0.444 e. The topological polar surface area (TPSA) is 100 Å². The molecule has 3 heterocycles. The molecule has 41 heavy (non-hydrogen) atoms. The molecule has 1 aliphatic heterocycles. The Kier molecular flexibility index (Phi) is 7.69. The molecule has 1 saturated heterocycles. The van der Waals surface area contributed by atoms with Gasteiger partial charge in [0.05, 0.1) is 11.0 Å². The molecule has 2 N–H and O–H groups in total. The van der Waals surface area contributed by atoms with Crippen molar-refractivity contribution in [2.45, 2.75) is 31.4 Å². The first-order valence-electron chi connectivity index (χ1n) is 13.4. The summed E-state index contributed by atoms with van der Waals surface area (Å²) in [4.78, 5) is 40.5. The van der Waals surface area contributed by atoms with Crippen LogP contribution in [0.15, 0.2) is 97.3 Å². The largest absolute Gasteiger partial charge is 0.444 e. The first kappa shape index (κ1) is 26.6. The Hall–Kier alpha value is -4.63. The van der Waals surface area contributed by atoms with Crippen molar-refractivity contribution < 1.29 is 14.3 Å². The molecule has 3 aromatic carbocycles. The number of H-pyrrole nitrogens is 1. The number of carbonyl (C=O) groups is 2. The molecule has 1 aliphatic rings. The highest BCUT2D eigenvalue weighted by Crippen LogP contribution is 2.42. The third-order valence-electron chi connectivity index (χ3n) is 6.99. The molecular weight excluding hydrogens is 534 g/mol.